The number of hydrogen-bond acceptors (Lipinski definition) is 3. The van der Waals surface area contributed by atoms with E-state index in [1.54, 1.807) is 36.4 Å². The van der Waals surface area contributed by atoms with Gasteiger partial charge in [-0.25, -0.2) is 4.83 Å². The van der Waals surface area contributed by atoms with Crippen LogP contribution in [-0.4, -0.2) is 19.2 Å². The number of sulfonamides is 1. The minimum atomic E-state index is -3.74. The first-order valence-electron chi connectivity index (χ1n) is 9.47. The van der Waals surface area contributed by atoms with Crippen LogP contribution in [0.15, 0.2) is 82.9 Å². The Labute approximate surface area is 191 Å². The van der Waals surface area contributed by atoms with E-state index >= 15 is 0 Å². The Balaban J connectivity index is 1.61. The first-order valence-corrected chi connectivity index (χ1v) is 11.7. The Kier molecular flexibility index (Phi) is 6.05. The average Bonchev–Trinajstić information content (AvgIpc) is 3.08. The van der Waals surface area contributed by atoms with Gasteiger partial charge in [-0.2, -0.15) is 13.5 Å². The predicted molar refractivity (Wildman–Crippen MR) is 127 cm³/mol. The van der Waals surface area contributed by atoms with Crippen molar-refractivity contribution in [1.82, 2.24) is 9.40 Å². The van der Waals surface area contributed by atoms with Gasteiger partial charge in [0.2, 0.25) is 0 Å². The lowest BCUT2D eigenvalue weighted by Crippen LogP contribution is -2.18. The summed E-state index contributed by atoms with van der Waals surface area (Å²) >= 11 is 12.3. The second-order valence-electron chi connectivity index (χ2n) is 7.13. The quantitative estimate of drug-likeness (QED) is 0.293. The Bertz CT molecular complexity index is 1380. The topological polar surface area (TPSA) is 63.5 Å². The van der Waals surface area contributed by atoms with Crippen molar-refractivity contribution >= 4 is 50.3 Å². The number of hydrazone groups is 1. The first-order chi connectivity index (χ1) is 14.8. The molecule has 1 heterocycles. The van der Waals surface area contributed by atoms with Gasteiger partial charge in [0, 0.05) is 39.3 Å². The number of nitrogens with one attached hydrogen (secondary N) is 1. The van der Waals surface area contributed by atoms with Crippen LogP contribution < -0.4 is 4.83 Å². The van der Waals surface area contributed by atoms with Crippen molar-refractivity contribution in [3.05, 3.63) is 99.7 Å². The number of aromatic nitrogens is 1. The van der Waals surface area contributed by atoms with Gasteiger partial charge in [-0.05, 0) is 42.8 Å². The molecule has 158 valence electrons. The van der Waals surface area contributed by atoms with E-state index in [0.717, 1.165) is 27.6 Å². The molecule has 4 rings (SSSR count). The monoisotopic (exact) mass is 471 g/mol. The average molecular weight is 472 g/mol. The second-order valence-corrected chi connectivity index (χ2v) is 9.64. The number of rotatable bonds is 6. The molecule has 5 nitrogen and oxygen atoms in total. The Morgan fingerprint density at radius 3 is 2.52 bits per heavy atom. The number of para-hydroxylation sites is 1. The highest BCUT2D eigenvalue weighted by molar-refractivity contribution is 7.89. The van der Waals surface area contributed by atoms with Gasteiger partial charge < -0.3 is 4.57 Å². The van der Waals surface area contributed by atoms with E-state index in [9.17, 15) is 8.42 Å². The van der Waals surface area contributed by atoms with Crippen molar-refractivity contribution in [2.45, 2.75) is 18.4 Å². The minimum Gasteiger partial charge on any atom is -0.342 e. The third-order valence-corrected chi connectivity index (χ3v) is 6.71. The van der Waals surface area contributed by atoms with E-state index in [2.05, 4.69) is 9.93 Å². The maximum atomic E-state index is 12.5. The van der Waals surface area contributed by atoms with Crippen molar-refractivity contribution in [3.8, 4) is 0 Å². The van der Waals surface area contributed by atoms with Gasteiger partial charge in [0.1, 0.15) is 0 Å². The summed E-state index contributed by atoms with van der Waals surface area (Å²) in [6, 6.07) is 19.8. The summed E-state index contributed by atoms with van der Waals surface area (Å²) in [7, 11) is -3.74. The van der Waals surface area contributed by atoms with Crippen LogP contribution in [0, 0.1) is 6.92 Å². The zero-order valence-corrected chi connectivity index (χ0v) is 18.9. The van der Waals surface area contributed by atoms with Crippen LogP contribution in [0.25, 0.3) is 10.9 Å². The van der Waals surface area contributed by atoms with Gasteiger partial charge in [-0.1, -0.05) is 65.2 Å². The standard InChI is InChI=1S/C23H19Cl2N3O2S/c1-16-6-10-20(11-7-16)31(29,30)27-26-13-18-15-28(23-5-3-2-4-21(18)23)14-17-8-9-19(24)12-22(17)25/h2-13,15,27H,14H2,1H3. The van der Waals surface area contributed by atoms with E-state index in [4.69, 9.17) is 23.2 Å². The Hall–Kier alpha value is -2.80. The lowest BCUT2D eigenvalue weighted by atomic mass is 10.2. The van der Waals surface area contributed by atoms with Gasteiger partial charge in [0.25, 0.3) is 10.0 Å². The highest BCUT2D eigenvalue weighted by Gasteiger charge is 2.13. The van der Waals surface area contributed by atoms with Crippen LogP contribution in [0.2, 0.25) is 10.0 Å². The second kappa shape index (κ2) is 8.75. The predicted octanol–water partition coefficient (Wildman–Crippen LogP) is 5.62. The largest absolute Gasteiger partial charge is 0.342 e. The maximum absolute atomic E-state index is 12.5. The molecule has 1 N–H and O–H groups in total. The van der Waals surface area contributed by atoms with Crippen molar-refractivity contribution in [2.24, 2.45) is 5.10 Å². The molecule has 0 spiro atoms. The number of hydrogen-bond donors (Lipinski definition) is 1. The molecular weight excluding hydrogens is 453 g/mol. The molecule has 0 bridgehead atoms. The van der Waals surface area contributed by atoms with E-state index in [1.165, 1.54) is 6.21 Å². The molecule has 3 aromatic carbocycles. The molecule has 0 radical (unpaired) electrons. The SMILES string of the molecule is Cc1ccc(S(=O)(=O)NN=Cc2cn(Cc3ccc(Cl)cc3Cl)c3ccccc23)cc1. The molecule has 0 unspecified atom stereocenters. The number of nitrogens with zero attached hydrogens (tertiary/aromatic N) is 2. The highest BCUT2D eigenvalue weighted by Crippen LogP contribution is 2.25. The molecular formula is C23H19Cl2N3O2S. The fourth-order valence-corrected chi connectivity index (χ4v) is 4.54. The summed E-state index contributed by atoms with van der Waals surface area (Å²) in [5.41, 5.74) is 3.68. The van der Waals surface area contributed by atoms with Crippen LogP contribution in [0.3, 0.4) is 0 Å². The molecule has 4 aromatic rings. The fourth-order valence-electron chi connectivity index (χ4n) is 3.28. The smallest absolute Gasteiger partial charge is 0.276 e. The molecule has 0 saturated heterocycles. The van der Waals surface area contributed by atoms with Crippen LogP contribution in [0.5, 0.6) is 0 Å². The van der Waals surface area contributed by atoms with Gasteiger partial charge in [0.05, 0.1) is 11.1 Å². The number of halogens is 2. The molecule has 0 fully saturated rings. The van der Waals surface area contributed by atoms with Crippen molar-refractivity contribution < 1.29 is 8.42 Å². The van der Waals surface area contributed by atoms with Crippen LogP contribution >= 0.6 is 23.2 Å². The highest BCUT2D eigenvalue weighted by atomic mass is 35.5. The van der Waals surface area contributed by atoms with Crippen molar-refractivity contribution in [1.29, 1.82) is 0 Å². The molecule has 0 aliphatic carbocycles. The molecule has 0 aliphatic heterocycles. The van der Waals surface area contributed by atoms with Crippen LogP contribution in [0.4, 0.5) is 0 Å². The summed E-state index contributed by atoms with van der Waals surface area (Å²) in [5, 5.41) is 6.11. The molecule has 8 heteroatoms. The maximum Gasteiger partial charge on any atom is 0.276 e. The summed E-state index contributed by atoms with van der Waals surface area (Å²) in [5.74, 6) is 0. The van der Waals surface area contributed by atoms with Gasteiger partial charge >= 0.3 is 0 Å². The molecule has 0 aliphatic rings. The van der Waals surface area contributed by atoms with Gasteiger partial charge in [-0.3, -0.25) is 0 Å². The molecule has 0 amide bonds. The first kappa shape index (κ1) is 21.4. The summed E-state index contributed by atoms with van der Waals surface area (Å²) in [4.78, 5) is 2.44. The lowest BCUT2D eigenvalue weighted by Gasteiger charge is -2.08. The lowest BCUT2D eigenvalue weighted by molar-refractivity contribution is 0.584. The van der Waals surface area contributed by atoms with E-state index < -0.39 is 10.0 Å². The summed E-state index contributed by atoms with van der Waals surface area (Å²) < 4.78 is 26.9. The molecule has 1 aromatic heterocycles. The van der Waals surface area contributed by atoms with E-state index in [0.29, 0.717) is 16.6 Å². The number of aryl methyl sites for hydroxylation is 1. The van der Waals surface area contributed by atoms with E-state index in [-0.39, 0.29) is 4.90 Å². The van der Waals surface area contributed by atoms with E-state index in [1.807, 2.05) is 48.0 Å². The van der Waals surface area contributed by atoms with Crippen LogP contribution in [0.1, 0.15) is 16.7 Å². The molecule has 0 atom stereocenters. The third kappa shape index (κ3) is 4.77. The zero-order valence-electron chi connectivity index (χ0n) is 16.6. The van der Waals surface area contributed by atoms with Crippen molar-refractivity contribution in [3.63, 3.8) is 0 Å². The molecule has 0 saturated carbocycles. The summed E-state index contributed by atoms with van der Waals surface area (Å²) in [6.07, 6.45) is 3.42. The fraction of sp³-hybridized carbons (Fsp3) is 0.0870. The van der Waals surface area contributed by atoms with Gasteiger partial charge in [-0.15, -0.1) is 0 Å². The Morgan fingerprint density at radius 1 is 1.03 bits per heavy atom. The molecule has 31 heavy (non-hydrogen) atoms. The number of benzene rings is 3. The zero-order chi connectivity index (χ0) is 22.0. The Morgan fingerprint density at radius 2 is 1.77 bits per heavy atom. The van der Waals surface area contributed by atoms with Gasteiger partial charge in [0.15, 0.2) is 0 Å². The normalized spacial score (nSPS) is 12.0. The summed E-state index contributed by atoms with van der Waals surface area (Å²) in [6.45, 7) is 2.44. The van der Waals surface area contributed by atoms with Crippen molar-refractivity contribution in [2.75, 3.05) is 0 Å². The van der Waals surface area contributed by atoms with Crippen LogP contribution in [-0.2, 0) is 16.6 Å². The third-order valence-electron chi connectivity index (χ3n) is 4.88. The number of fused-ring (bicyclic) bond motifs is 1. The minimum absolute atomic E-state index is 0.162.